The van der Waals surface area contributed by atoms with E-state index in [0.717, 1.165) is 34.9 Å². The van der Waals surface area contributed by atoms with E-state index in [2.05, 4.69) is 36.1 Å². The normalized spacial score (nSPS) is 19.5. The maximum Gasteiger partial charge on any atom is 0.152 e. The molecule has 3 rings (SSSR count). The zero-order chi connectivity index (χ0) is 15.0. The fourth-order valence-electron chi connectivity index (χ4n) is 3.22. The minimum atomic E-state index is 0.672. The number of aryl methyl sites for hydroxylation is 2. The van der Waals surface area contributed by atoms with Crippen LogP contribution < -0.4 is 11.3 Å². The Balaban J connectivity index is 1.96. The second-order valence-electron chi connectivity index (χ2n) is 5.77. The molecule has 6 heteroatoms. The standard InChI is InChI=1S/C15H23N5S/c1-4-11-6-5-7-20(11)8-12-17-14(19-16)13-9(2)10(3)21-15(13)18-12/h11H,4-8,16H2,1-3H3,(H,17,18,19). The predicted octanol–water partition coefficient (Wildman–Crippen LogP) is 2.97. The average Bonchev–Trinajstić information content (AvgIpc) is 3.03. The number of anilines is 1. The number of aromatic nitrogens is 2. The van der Waals surface area contributed by atoms with E-state index in [0.29, 0.717) is 6.04 Å². The number of nitrogens with two attached hydrogens (primary N) is 1. The number of hydrogen-bond donors (Lipinski definition) is 2. The summed E-state index contributed by atoms with van der Waals surface area (Å²) in [5, 5.41) is 1.07. The smallest absolute Gasteiger partial charge is 0.152 e. The number of hydrazine groups is 1. The van der Waals surface area contributed by atoms with E-state index in [1.807, 2.05) is 0 Å². The van der Waals surface area contributed by atoms with Gasteiger partial charge < -0.3 is 5.43 Å². The van der Waals surface area contributed by atoms with Crippen LogP contribution in [0.15, 0.2) is 0 Å². The van der Waals surface area contributed by atoms with E-state index < -0.39 is 0 Å². The van der Waals surface area contributed by atoms with Crippen LogP contribution >= 0.6 is 11.3 Å². The molecule has 1 unspecified atom stereocenters. The number of nitrogens with one attached hydrogen (secondary N) is 1. The van der Waals surface area contributed by atoms with Gasteiger partial charge in [-0.2, -0.15) is 0 Å². The van der Waals surface area contributed by atoms with Crippen LogP contribution in [-0.2, 0) is 6.54 Å². The molecule has 1 aliphatic rings. The van der Waals surface area contributed by atoms with Crippen molar-refractivity contribution in [3.05, 3.63) is 16.3 Å². The van der Waals surface area contributed by atoms with Crippen molar-refractivity contribution in [1.82, 2.24) is 14.9 Å². The number of nitrogen functional groups attached to an aromatic ring is 1. The Morgan fingerprint density at radius 1 is 1.38 bits per heavy atom. The van der Waals surface area contributed by atoms with E-state index in [4.69, 9.17) is 10.8 Å². The third kappa shape index (κ3) is 2.63. The molecule has 21 heavy (non-hydrogen) atoms. The summed E-state index contributed by atoms with van der Waals surface area (Å²) >= 11 is 1.72. The van der Waals surface area contributed by atoms with Crippen molar-refractivity contribution in [1.29, 1.82) is 0 Å². The van der Waals surface area contributed by atoms with Gasteiger partial charge in [0.1, 0.15) is 10.7 Å². The van der Waals surface area contributed by atoms with Gasteiger partial charge in [0.2, 0.25) is 0 Å². The molecule has 1 atom stereocenters. The Morgan fingerprint density at radius 2 is 2.19 bits per heavy atom. The molecule has 0 aliphatic carbocycles. The fraction of sp³-hybridized carbons (Fsp3) is 0.600. The van der Waals surface area contributed by atoms with Gasteiger partial charge in [-0.25, -0.2) is 15.8 Å². The van der Waals surface area contributed by atoms with Crippen LogP contribution in [-0.4, -0.2) is 27.5 Å². The third-order valence-corrected chi connectivity index (χ3v) is 5.63. The number of hydrogen-bond acceptors (Lipinski definition) is 6. The van der Waals surface area contributed by atoms with Crippen LogP contribution in [0.3, 0.4) is 0 Å². The monoisotopic (exact) mass is 305 g/mol. The Labute approximate surface area is 129 Å². The summed E-state index contributed by atoms with van der Waals surface area (Å²) in [7, 11) is 0. The Kier molecular flexibility index (Phi) is 4.10. The molecule has 5 nitrogen and oxygen atoms in total. The highest BCUT2D eigenvalue weighted by molar-refractivity contribution is 7.18. The molecular formula is C15H23N5S. The van der Waals surface area contributed by atoms with Crippen molar-refractivity contribution in [2.24, 2.45) is 5.84 Å². The first-order valence-electron chi connectivity index (χ1n) is 7.61. The molecule has 3 heterocycles. The van der Waals surface area contributed by atoms with Gasteiger partial charge in [-0.05, 0) is 45.2 Å². The molecule has 0 radical (unpaired) electrons. The minimum absolute atomic E-state index is 0.672. The van der Waals surface area contributed by atoms with Crippen molar-refractivity contribution >= 4 is 27.4 Å². The lowest BCUT2D eigenvalue weighted by molar-refractivity contribution is 0.234. The summed E-state index contributed by atoms with van der Waals surface area (Å²) in [5.41, 5.74) is 3.98. The van der Waals surface area contributed by atoms with E-state index in [1.54, 1.807) is 11.3 Å². The van der Waals surface area contributed by atoms with Gasteiger partial charge in [-0.15, -0.1) is 11.3 Å². The summed E-state index contributed by atoms with van der Waals surface area (Å²) in [6.07, 6.45) is 3.76. The Bertz CT molecular complexity index is 651. The third-order valence-electron chi connectivity index (χ3n) is 4.53. The number of nitrogens with zero attached hydrogens (tertiary/aromatic N) is 3. The van der Waals surface area contributed by atoms with Crippen LogP contribution in [0.25, 0.3) is 10.2 Å². The summed E-state index contributed by atoms with van der Waals surface area (Å²) in [4.78, 5) is 14.2. The molecule has 0 amide bonds. The molecule has 0 bridgehead atoms. The summed E-state index contributed by atoms with van der Waals surface area (Å²) in [6.45, 7) is 8.44. The molecular weight excluding hydrogens is 282 g/mol. The number of likely N-dealkylation sites (tertiary alicyclic amines) is 1. The van der Waals surface area contributed by atoms with E-state index in [1.165, 1.54) is 29.7 Å². The van der Waals surface area contributed by atoms with Gasteiger partial charge in [0.15, 0.2) is 5.82 Å². The highest BCUT2D eigenvalue weighted by atomic mass is 32.1. The Hall–Kier alpha value is -1.24. The summed E-state index contributed by atoms with van der Waals surface area (Å²) in [6, 6.07) is 0.672. The molecule has 0 spiro atoms. The summed E-state index contributed by atoms with van der Waals surface area (Å²) in [5.74, 6) is 7.30. The van der Waals surface area contributed by atoms with Crippen molar-refractivity contribution in [2.75, 3.05) is 12.0 Å². The molecule has 2 aromatic rings. The highest BCUT2D eigenvalue weighted by Crippen LogP contribution is 2.33. The van der Waals surface area contributed by atoms with Gasteiger partial charge in [0, 0.05) is 10.9 Å². The largest absolute Gasteiger partial charge is 0.308 e. The highest BCUT2D eigenvalue weighted by Gasteiger charge is 2.24. The quantitative estimate of drug-likeness (QED) is 0.671. The van der Waals surface area contributed by atoms with E-state index in [9.17, 15) is 0 Å². The first kappa shape index (κ1) is 14.7. The van der Waals surface area contributed by atoms with Crippen molar-refractivity contribution in [2.45, 2.75) is 52.6 Å². The second-order valence-corrected chi connectivity index (χ2v) is 6.97. The zero-order valence-corrected chi connectivity index (χ0v) is 13.8. The maximum atomic E-state index is 5.68. The number of rotatable bonds is 4. The van der Waals surface area contributed by atoms with Crippen LogP contribution in [0, 0.1) is 13.8 Å². The molecule has 3 N–H and O–H groups in total. The van der Waals surface area contributed by atoms with Crippen LogP contribution in [0.5, 0.6) is 0 Å². The second kappa shape index (κ2) is 5.87. The van der Waals surface area contributed by atoms with Gasteiger partial charge in [0.05, 0.1) is 11.9 Å². The van der Waals surface area contributed by atoms with Gasteiger partial charge >= 0.3 is 0 Å². The van der Waals surface area contributed by atoms with Gasteiger partial charge in [-0.3, -0.25) is 4.90 Å². The van der Waals surface area contributed by atoms with Crippen molar-refractivity contribution < 1.29 is 0 Å². The molecule has 1 saturated heterocycles. The van der Waals surface area contributed by atoms with Gasteiger partial charge in [0.25, 0.3) is 0 Å². The maximum absolute atomic E-state index is 5.68. The molecule has 0 saturated carbocycles. The van der Waals surface area contributed by atoms with Gasteiger partial charge in [-0.1, -0.05) is 6.92 Å². The lowest BCUT2D eigenvalue weighted by Gasteiger charge is -2.22. The number of fused-ring (bicyclic) bond motifs is 1. The Morgan fingerprint density at radius 3 is 2.90 bits per heavy atom. The van der Waals surface area contributed by atoms with E-state index >= 15 is 0 Å². The summed E-state index contributed by atoms with van der Waals surface area (Å²) < 4.78 is 0. The van der Waals surface area contributed by atoms with Crippen LogP contribution in [0.2, 0.25) is 0 Å². The topological polar surface area (TPSA) is 67.1 Å². The van der Waals surface area contributed by atoms with Crippen molar-refractivity contribution in [3.8, 4) is 0 Å². The molecule has 0 aromatic carbocycles. The average molecular weight is 305 g/mol. The van der Waals surface area contributed by atoms with Crippen LogP contribution in [0.1, 0.15) is 42.5 Å². The fourth-order valence-corrected chi connectivity index (χ4v) is 4.26. The zero-order valence-electron chi connectivity index (χ0n) is 12.9. The predicted molar refractivity (Wildman–Crippen MR) is 88.4 cm³/mol. The number of thiophene rings is 1. The lowest BCUT2D eigenvalue weighted by atomic mass is 10.2. The first-order chi connectivity index (χ1) is 10.1. The molecule has 1 fully saturated rings. The first-order valence-corrected chi connectivity index (χ1v) is 8.43. The molecule has 2 aromatic heterocycles. The van der Waals surface area contributed by atoms with E-state index in [-0.39, 0.29) is 0 Å². The van der Waals surface area contributed by atoms with Crippen LogP contribution in [0.4, 0.5) is 5.82 Å². The van der Waals surface area contributed by atoms with Crippen molar-refractivity contribution in [3.63, 3.8) is 0 Å². The minimum Gasteiger partial charge on any atom is -0.308 e. The molecule has 1 aliphatic heterocycles. The lowest BCUT2D eigenvalue weighted by Crippen LogP contribution is -2.29. The molecule has 114 valence electrons. The SMILES string of the molecule is CCC1CCCN1Cc1nc(NN)c2c(C)c(C)sc2n1.